The smallest absolute Gasteiger partial charge is 0.370 e. The molecule has 3 atom stereocenters. The van der Waals surface area contributed by atoms with Crippen molar-refractivity contribution in [3.8, 4) is 0 Å². The van der Waals surface area contributed by atoms with E-state index in [0.29, 0.717) is 64.1 Å². The highest BCUT2D eigenvalue weighted by Crippen LogP contribution is 2.40. The van der Waals surface area contributed by atoms with Gasteiger partial charge in [0.25, 0.3) is 0 Å². The highest BCUT2D eigenvalue weighted by molar-refractivity contribution is 5.79. The lowest BCUT2D eigenvalue weighted by atomic mass is 9.86. The van der Waals surface area contributed by atoms with E-state index in [-0.39, 0.29) is 35.2 Å². The molecular formula is C30H34F6N2O3. The Balaban J connectivity index is 1.51. The third kappa shape index (κ3) is 7.88. The topological polar surface area (TPSA) is 49.9 Å². The molecule has 0 bridgehead atoms. The fourth-order valence-corrected chi connectivity index (χ4v) is 5.78. The van der Waals surface area contributed by atoms with Gasteiger partial charge in [-0.1, -0.05) is 30.3 Å². The molecule has 5 nitrogen and oxygen atoms in total. The van der Waals surface area contributed by atoms with Crippen molar-refractivity contribution >= 4 is 11.7 Å². The van der Waals surface area contributed by atoms with Gasteiger partial charge in [-0.3, -0.25) is 14.5 Å². The van der Waals surface area contributed by atoms with Crippen LogP contribution in [0.3, 0.4) is 0 Å². The summed E-state index contributed by atoms with van der Waals surface area (Å²) in [6, 6.07) is 10.8. The van der Waals surface area contributed by atoms with Gasteiger partial charge in [0, 0.05) is 24.9 Å². The zero-order valence-corrected chi connectivity index (χ0v) is 23.0. The Kier molecular flexibility index (Phi) is 9.48. The molecule has 2 aromatic rings. The van der Waals surface area contributed by atoms with E-state index in [0.717, 1.165) is 5.56 Å². The van der Waals surface area contributed by atoms with Crippen molar-refractivity contribution in [1.29, 1.82) is 0 Å². The van der Waals surface area contributed by atoms with Gasteiger partial charge in [0.05, 0.1) is 29.9 Å². The molecule has 224 valence electrons. The van der Waals surface area contributed by atoms with Gasteiger partial charge in [-0.2, -0.15) is 26.3 Å². The number of ketones is 1. The van der Waals surface area contributed by atoms with Gasteiger partial charge in [-0.25, -0.2) is 0 Å². The molecular weight excluding hydrogens is 550 g/mol. The summed E-state index contributed by atoms with van der Waals surface area (Å²) in [5.41, 5.74) is -2.10. The van der Waals surface area contributed by atoms with E-state index < -0.39 is 35.7 Å². The minimum Gasteiger partial charge on any atom is -0.370 e. The van der Waals surface area contributed by atoms with Gasteiger partial charge in [0.2, 0.25) is 5.91 Å². The predicted octanol–water partition coefficient (Wildman–Crippen LogP) is 6.49. The lowest BCUT2D eigenvalue weighted by Crippen LogP contribution is -2.49. The number of rotatable bonds is 7. The number of nitrogens with zero attached hydrogens (tertiary/aromatic N) is 2. The first-order chi connectivity index (χ1) is 19.2. The summed E-state index contributed by atoms with van der Waals surface area (Å²) in [6.07, 6.45) is -9.81. The van der Waals surface area contributed by atoms with Crippen molar-refractivity contribution < 1.29 is 40.7 Å². The number of amides is 1. The lowest BCUT2D eigenvalue weighted by Gasteiger charge is -2.42. The van der Waals surface area contributed by atoms with Crippen LogP contribution < -0.4 is 0 Å². The summed E-state index contributed by atoms with van der Waals surface area (Å²) < 4.78 is 86.8. The summed E-state index contributed by atoms with van der Waals surface area (Å²) in [7, 11) is 0. The summed E-state index contributed by atoms with van der Waals surface area (Å²) >= 11 is 0. The van der Waals surface area contributed by atoms with Crippen molar-refractivity contribution in [3.05, 3.63) is 70.8 Å². The van der Waals surface area contributed by atoms with Crippen LogP contribution in [-0.2, 0) is 26.7 Å². The highest BCUT2D eigenvalue weighted by Gasteiger charge is 2.40. The minimum atomic E-state index is -4.95. The van der Waals surface area contributed by atoms with Crippen LogP contribution in [0.2, 0.25) is 0 Å². The van der Waals surface area contributed by atoms with Crippen LogP contribution in [0.5, 0.6) is 0 Å². The Labute approximate surface area is 235 Å². The first-order valence-electron chi connectivity index (χ1n) is 13.7. The third-order valence-electron chi connectivity index (χ3n) is 7.93. The number of Topliss-reactive ketones (excluding diaryl/α,β-unsaturated/α-hetero) is 1. The quantitative estimate of drug-likeness (QED) is 0.350. The molecule has 0 saturated carbocycles. The fraction of sp³-hybridized carbons (Fsp3) is 0.533. The van der Waals surface area contributed by atoms with Crippen molar-refractivity contribution in [1.82, 2.24) is 9.80 Å². The van der Waals surface area contributed by atoms with Gasteiger partial charge in [0.15, 0.2) is 0 Å². The van der Waals surface area contributed by atoms with Gasteiger partial charge >= 0.3 is 12.4 Å². The molecule has 2 aliphatic heterocycles. The summed E-state index contributed by atoms with van der Waals surface area (Å²) in [5, 5.41) is 0. The van der Waals surface area contributed by atoms with Crippen LogP contribution in [0, 0.1) is 5.92 Å². The SMILES string of the molecule is CC(=O)CN1CCC(C(=O)N2CCC(OC(C)c3cc(C(F)(F)F)cc(C(F)(F)F)c3)C(c3ccccc3)C2)CC1. The number of likely N-dealkylation sites (tertiary alicyclic amines) is 2. The van der Waals surface area contributed by atoms with Crippen molar-refractivity contribution in [3.63, 3.8) is 0 Å². The Morgan fingerprint density at radius 1 is 0.902 bits per heavy atom. The number of benzene rings is 2. The molecule has 2 saturated heterocycles. The molecule has 41 heavy (non-hydrogen) atoms. The largest absolute Gasteiger partial charge is 0.416 e. The van der Waals surface area contributed by atoms with Crippen molar-refractivity contribution in [2.24, 2.45) is 5.92 Å². The van der Waals surface area contributed by atoms with E-state index >= 15 is 0 Å². The number of halogens is 6. The molecule has 2 heterocycles. The van der Waals surface area contributed by atoms with Gasteiger partial charge in [-0.05, 0) is 75.5 Å². The van der Waals surface area contributed by atoms with E-state index in [9.17, 15) is 35.9 Å². The van der Waals surface area contributed by atoms with Crippen LogP contribution in [-0.4, -0.2) is 60.3 Å². The second-order valence-electron chi connectivity index (χ2n) is 11.0. The Morgan fingerprint density at radius 2 is 1.49 bits per heavy atom. The van der Waals surface area contributed by atoms with E-state index in [2.05, 4.69) is 0 Å². The van der Waals surface area contributed by atoms with Crippen LogP contribution in [0.15, 0.2) is 48.5 Å². The molecule has 0 N–H and O–H groups in total. The van der Waals surface area contributed by atoms with Crippen molar-refractivity contribution in [2.45, 2.75) is 63.6 Å². The molecule has 0 spiro atoms. The van der Waals surface area contributed by atoms with E-state index in [1.165, 1.54) is 13.8 Å². The number of hydrogen-bond acceptors (Lipinski definition) is 4. The molecule has 4 rings (SSSR count). The predicted molar refractivity (Wildman–Crippen MR) is 140 cm³/mol. The van der Waals surface area contributed by atoms with Crippen LogP contribution in [0.25, 0.3) is 0 Å². The molecule has 1 amide bonds. The Morgan fingerprint density at radius 3 is 2.02 bits per heavy atom. The summed E-state index contributed by atoms with van der Waals surface area (Å²) in [4.78, 5) is 28.7. The monoisotopic (exact) mass is 584 g/mol. The zero-order chi connectivity index (χ0) is 29.9. The minimum absolute atomic E-state index is 0.0209. The summed E-state index contributed by atoms with van der Waals surface area (Å²) in [5.74, 6) is -0.386. The number of ether oxygens (including phenoxy) is 1. The molecule has 2 aliphatic rings. The lowest BCUT2D eigenvalue weighted by molar-refractivity contribution is -0.143. The average Bonchev–Trinajstić information content (AvgIpc) is 2.92. The normalized spacial score (nSPS) is 22.0. The number of hydrogen-bond donors (Lipinski definition) is 0. The molecule has 2 fully saturated rings. The van der Waals surface area contributed by atoms with Crippen molar-refractivity contribution in [2.75, 3.05) is 32.7 Å². The van der Waals surface area contributed by atoms with E-state index in [1.54, 1.807) is 4.90 Å². The maximum atomic E-state index is 13.5. The number of alkyl halides is 6. The zero-order valence-electron chi connectivity index (χ0n) is 23.0. The fourth-order valence-electron chi connectivity index (χ4n) is 5.78. The number of carbonyl (C=O) groups excluding carboxylic acids is 2. The Bertz CT molecular complexity index is 1180. The maximum Gasteiger partial charge on any atom is 0.416 e. The number of carbonyl (C=O) groups is 2. The highest BCUT2D eigenvalue weighted by atomic mass is 19.4. The number of piperidine rings is 2. The molecule has 3 unspecified atom stereocenters. The van der Waals surface area contributed by atoms with Crippen LogP contribution in [0.1, 0.15) is 67.4 Å². The maximum absolute atomic E-state index is 13.5. The van der Waals surface area contributed by atoms with E-state index in [1.807, 2.05) is 35.2 Å². The first-order valence-corrected chi connectivity index (χ1v) is 13.7. The second kappa shape index (κ2) is 12.5. The summed E-state index contributed by atoms with van der Waals surface area (Å²) in [6.45, 7) is 5.36. The molecule has 11 heteroatoms. The molecule has 0 aliphatic carbocycles. The van der Waals surface area contributed by atoms with E-state index in [4.69, 9.17) is 4.74 Å². The average molecular weight is 585 g/mol. The van der Waals surface area contributed by atoms with Gasteiger partial charge in [-0.15, -0.1) is 0 Å². The molecule has 2 aromatic carbocycles. The molecule has 0 aromatic heterocycles. The van der Waals surface area contributed by atoms with Gasteiger partial charge < -0.3 is 9.64 Å². The second-order valence-corrected chi connectivity index (χ2v) is 11.0. The Hall–Kier alpha value is -2.92. The van der Waals surface area contributed by atoms with Gasteiger partial charge in [0.1, 0.15) is 5.78 Å². The first kappa shape index (κ1) is 31.0. The third-order valence-corrected chi connectivity index (χ3v) is 7.93. The van der Waals surface area contributed by atoms with Crippen LogP contribution >= 0.6 is 0 Å². The molecule has 0 radical (unpaired) electrons. The standard InChI is InChI=1S/C30H34F6N2O3/c1-19(39)17-37-11-8-22(9-12-37)28(40)38-13-10-27(26(18-38)21-6-4-3-5-7-21)41-20(2)23-14-24(29(31,32)33)16-25(15-23)30(34,35)36/h3-7,14-16,20,22,26-27H,8-13,17-18H2,1-2H3. The van der Waals surface area contributed by atoms with Crippen LogP contribution in [0.4, 0.5) is 26.3 Å².